The summed E-state index contributed by atoms with van der Waals surface area (Å²) in [4.78, 5) is 15.8. The molecule has 1 aromatic heterocycles. The van der Waals surface area contributed by atoms with Crippen molar-refractivity contribution in [1.29, 1.82) is 0 Å². The fraction of sp³-hybridized carbons (Fsp3) is 0.600. The van der Waals surface area contributed by atoms with Crippen LogP contribution in [0.1, 0.15) is 12.2 Å². The normalized spacial score (nSPS) is 21.4. The molecule has 0 saturated carbocycles. The number of Topliss-reactive ketones (excluding diaryl/α,β-unsaturated/α-hetero) is 1. The second-order valence-electron chi connectivity index (χ2n) is 3.63. The maximum atomic E-state index is 11.7. The number of carbonyl (C=O) groups is 1. The standard InChI is InChI=1S/C10H14N2O2/c1-8-11-3-4-12(8)6-10(13)9-2-5-14-7-9/h3-4,9H,2,5-7H2,1H3. The molecule has 0 aromatic carbocycles. The molecule has 0 radical (unpaired) electrons. The van der Waals surface area contributed by atoms with E-state index in [4.69, 9.17) is 4.74 Å². The Hall–Kier alpha value is -1.16. The van der Waals surface area contributed by atoms with Crippen LogP contribution in [0.15, 0.2) is 12.4 Å². The Labute approximate surface area is 82.9 Å². The topological polar surface area (TPSA) is 44.1 Å². The van der Waals surface area contributed by atoms with Crippen LogP contribution in [0.2, 0.25) is 0 Å². The molecular formula is C10H14N2O2. The number of carbonyl (C=O) groups excluding carboxylic acids is 1. The van der Waals surface area contributed by atoms with E-state index in [2.05, 4.69) is 4.98 Å². The smallest absolute Gasteiger partial charge is 0.158 e. The highest BCUT2D eigenvalue weighted by molar-refractivity contribution is 5.81. The van der Waals surface area contributed by atoms with E-state index in [0.29, 0.717) is 13.2 Å². The molecule has 1 unspecified atom stereocenters. The molecule has 2 heterocycles. The number of rotatable bonds is 3. The Bertz CT molecular complexity index is 327. The van der Waals surface area contributed by atoms with Gasteiger partial charge in [-0.25, -0.2) is 4.98 Å². The molecule has 0 spiro atoms. The average molecular weight is 194 g/mol. The van der Waals surface area contributed by atoms with Gasteiger partial charge in [0.25, 0.3) is 0 Å². The minimum absolute atomic E-state index is 0.0943. The Balaban J connectivity index is 1.97. The molecule has 1 atom stereocenters. The van der Waals surface area contributed by atoms with Crippen LogP contribution < -0.4 is 0 Å². The van der Waals surface area contributed by atoms with E-state index in [9.17, 15) is 4.79 Å². The van der Waals surface area contributed by atoms with Crippen LogP contribution in [0.4, 0.5) is 0 Å². The Kier molecular flexibility index (Phi) is 2.63. The second-order valence-corrected chi connectivity index (χ2v) is 3.63. The molecule has 4 heteroatoms. The van der Waals surface area contributed by atoms with Gasteiger partial charge < -0.3 is 9.30 Å². The van der Waals surface area contributed by atoms with E-state index < -0.39 is 0 Å². The average Bonchev–Trinajstić information content (AvgIpc) is 2.77. The van der Waals surface area contributed by atoms with Crippen molar-refractivity contribution in [1.82, 2.24) is 9.55 Å². The first-order valence-corrected chi connectivity index (χ1v) is 4.85. The molecule has 0 bridgehead atoms. The zero-order valence-electron chi connectivity index (χ0n) is 8.27. The van der Waals surface area contributed by atoms with Crippen LogP contribution in [0.5, 0.6) is 0 Å². The molecule has 1 fully saturated rings. The number of ketones is 1. The summed E-state index contributed by atoms with van der Waals surface area (Å²) in [5.74, 6) is 1.23. The first-order chi connectivity index (χ1) is 6.77. The third-order valence-corrected chi connectivity index (χ3v) is 2.63. The van der Waals surface area contributed by atoms with Crippen LogP contribution in [0.3, 0.4) is 0 Å². The highest BCUT2D eigenvalue weighted by atomic mass is 16.5. The highest BCUT2D eigenvalue weighted by Crippen LogP contribution is 2.14. The van der Waals surface area contributed by atoms with Crippen molar-refractivity contribution in [3.63, 3.8) is 0 Å². The number of aromatic nitrogens is 2. The van der Waals surface area contributed by atoms with E-state index >= 15 is 0 Å². The van der Waals surface area contributed by atoms with Crippen LogP contribution in [-0.4, -0.2) is 28.5 Å². The van der Waals surface area contributed by atoms with Gasteiger partial charge >= 0.3 is 0 Å². The summed E-state index contributed by atoms with van der Waals surface area (Å²) in [5.41, 5.74) is 0. The van der Waals surface area contributed by atoms with E-state index in [1.807, 2.05) is 17.7 Å². The lowest BCUT2D eigenvalue weighted by molar-refractivity contribution is -0.123. The lowest BCUT2D eigenvalue weighted by Gasteiger charge is -2.08. The minimum Gasteiger partial charge on any atom is -0.381 e. The van der Waals surface area contributed by atoms with Crippen LogP contribution in [0.25, 0.3) is 0 Å². The minimum atomic E-state index is 0.0943. The summed E-state index contributed by atoms with van der Waals surface area (Å²) < 4.78 is 7.06. The van der Waals surface area contributed by atoms with E-state index in [-0.39, 0.29) is 11.7 Å². The monoisotopic (exact) mass is 194 g/mol. The van der Waals surface area contributed by atoms with E-state index in [0.717, 1.165) is 18.9 Å². The first-order valence-electron chi connectivity index (χ1n) is 4.85. The summed E-state index contributed by atoms with van der Waals surface area (Å²) in [6.07, 6.45) is 4.42. The molecule has 14 heavy (non-hydrogen) atoms. The first kappa shape index (κ1) is 9.40. The Morgan fingerprint density at radius 1 is 1.79 bits per heavy atom. The van der Waals surface area contributed by atoms with Crippen molar-refractivity contribution in [3.8, 4) is 0 Å². The van der Waals surface area contributed by atoms with Gasteiger partial charge in [0.2, 0.25) is 0 Å². The maximum absolute atomic E-state index is 11.7. The lowest BCUT2D eigenvalue weighted by atomic mass is 10.0. The number of nitrogens with zero attached hydrogens (tertiary/aromatic N) is 2. The van der Waals surface area contributed by atoms with Crippen molar-refractivity contribution in [2.75, 3.05) is 13.2 Å². The van der Waals surface area contributed by atoms with Crippen LogP contribution in [-0.2, 0) is 16.1 Å². The molecule has 1 aromatic rings. The van der Waals surface area contributed by atoms with Crippen molar-refractivity contribution < 1.29 is 9.53 Å². The van der Waals surface area contributed by atoms with Gasteiger partial charge in [0.1, 0.15) is 5.82 Å². The van der Waals surface area contributed by atoms with Crippen molar-refractivity contribution >= 4 is 5.78 Å². The van der Waals surface area contributed by atoms with Gasteiger partial charge in [-0.05, 0) is 13.3 Å². The van der Waals surface area contributed by atoms with Crippen LogP contribution in [0, 0.1) is 12.8 Å². The molecule has 0 aliphatic carbocycles. The molecule has 1 aliphatic rings. The number of hydrogen-bond acceptors (Lipinski definition) is 3. The second kappa shape index (κ2) is 3.92. The van der Waals surface area contributed by atoms with E-state index in [1.54, 1.807) is 6.20 Å². The summed E-state index contributed by atoms with van der Waals surface area (Å²) in [6.45, 7) is 3.64. The predicted molar refractivity (Wildman–Crippen MR) is 50.9 cm³/mol. The molecule has 0 N–H and O–H groups in total. The zero-order chi connectivity index (χ0) is 9.97. The molecule has 2 rings (SSSR count). The van der Waals surface area contributed by atoms with Crippen molar-refractivity contribution in [3.05, 3.63) is 18.2 Å². The third-order valence-electron chi connectivity index (χ3n) is 2.63. The number of aryl methyl sites for hydroxylation is 1. The molecule has 4 nitrogen and oxygen atoms in total. The Morgan fingerprint density at radius 3 is 3.21 bits per heavy atom. The van der Waals surface area contributed by atoms with Crippen molar-refractivity contribution in [2.24, 2.45) is 5.92 Å². The number of ether oxygens (including phenoxy) is 1. The molecular weight excluding hydrogens is 180 g/mol. The largest absolute Gasteiger partial charge is 0.381 e. The number of hydrogen-bond donors (Lipinski definition) is 0. The molecule has 0 amide bonds. The van der Waals surface area contributed by atoms with Gasteiger partial charge in [-0.2, -0.15) is 0 Å². The van der Waals surface area contributed by atoms with E-state index in [1.165, 1.54) is 0 Å². The van der Waals surface area contributed by atoms with Gasteiger partial charge in [-0.1, -0.05) is 0 Å². The number of imidazole rings is 1. The zero-order valence-corrected chi connectivity index (χ0v) is 8.27. The summed E-state index contributed by atoms with van der Waals surface area (Å²) in [6, 6.07) is 0. The quantitative estimate of drug-likeness (QED) is 0.714. The van der Waals surface area contributed by atoms with Gasteiger partial charge in [0.05, 0.1) is 13.2 Å². The SMILES string of the molecule is Cc1nccn1CC(=O)C1CCOC1. The van der Waals surface area contributed by atoms with Gasteiger partial charge in [-0.3, -0.25) is 4.79 Å². The van der Waals surface area contributed by atoms with Gasteiger partial charge in [-0.15, -0.1) is 0 Å². The van der Waals surface area contributed by atoms with Gasteiger partial charge in [0.15, 0.2) is 5.78 Å². The molecule has 1 saturated heterocycles. The fourth-order valence-electron chi connectivity index (χ4n) is 1.66. The third kappa shape index (κ3) is 1.85. The van der Waals surface area contributed by atoms with Gasteiger partial charge in [0, 0.05) is 24.9 Å². The Morgan fingerprint density at radius 2 is 2.64 bits per heavy atom. The summed E-state index contributed by atoms with van der Waals surface area (Å²) >= 11 is 0. The highest BCUT2D eigenvalue weighted by Gasteiger charge is 2.23. The maximum Gasteiger partial charge on any atom is 0.158 e. The predicted octanol–water partition coefficient (Wildman–Crippen LogP) is 0.797. The van der Waals surface area contributed by atoms with Crippen molar-refractivity contribution in [2.45, 2.75) is 19.9 Å². The molecule has 1 aliphatic heterocycles. The van der Waals surface area contributed by atoms with Crippen LogP contribution >= 0.6 is 0 Å². The lowest BCUT2D eigenvalue weighted by Crippen LogP contribution is -2.20. The fourth-order valence-corrected chi connectivity index (χ4v) is 1.66. The summed E-state index contributed by atoms with van der Waals surface area (Å²) in [7, 11) is 0. The summed E-state index contributed by atoms with van der Waals surface area (Å²) in [5, 5.41) is 0. The molecule has 76 valence electrons.